The van der Waals surface area contributed by atoms with E-state index < -0.39 is 10.0 Å². The molecule has 8 nitrogen and oxygen atoms in total. The van der Waals surface area contributed by atoms with Crippen LogP contribution in [0.1, 0.15) is 36.9 Å². The highest BCUT2D eigenvalue weighted by Gasteiger charge is 2.32. The van der Waals surface area contributed by atoms with E-state index in [0.717, 1.165) is 31.6 Å². The van der Waals surface area contributed by atoms with Crippen molar-refractivity contribution in [3.8, 4) is 0 Å². The molecule has 27 heavy (non-hydrogen) atoms. The third-order valence-corrected chi connectivity index (χ3v) is 7.03. The highest BCUT2D eigenvalue weighted by atomic mass is 32.2. The van der Waals surface area contributed by atoms with Gasteiger partial charge in [-0.2, -0.15) is 5.10 Å². The van der Waals surface area contributed by atoms with Gasteiger partial charge in [0.05, 0.1) is 31.2 Å². The van der Waals surface area contributed by atoms with Crippen LogP contribution in [0.25, 0.3) is 0 Å². The first kappa shape index (κ1) is 18.2. The molecule has 2 aliphatic rings. The second kappa shape index (κ2) is 6.79. The van der Waals surface area contributed by atoms with Crippen molar-refractivity contribution in [1.29, 1.82) is 0 Å². The van der Waals surface area contributed by atoms with Crippen LogP contribution in [0.5, 0.6) is 0 Å². The maximum Gasteiger partial charge on any atom is 0.211 e. The molecule has 0 radical (unpaired) electrons. The van der Waals surface area contributed by atoms with Crippen molar-refractivity contribution >= 4 is 21.5 Å². The number of rotatable bonds is 3. The van der Waals surface area contributed by atoms with Crippen molar-refractivity contribution in [3.63, 3.8) is 0 Å². The lowest BCUT2D eigenvalue weighted by Gasteiger charge is -2.37. The second-order valence-electron chi connectivity index (χ2n) is 7.58. The smallest absolute Gasteiger partial charge is 0.211 e. The van der Waals surface area contributed by atoms with Gasteiger partial charge in [0.15, 0.2) is 0 Å². The maximum absolute atomic E-state index is 11.8. The first-order valence-corrected chi connectivity index (χ1v) is 11.2. The average Bonchev–Trinajstić information content (AvgIpc) is 3.03. The van der Waals surface area contributed by atoms with Crippen LogP contribution in [-0.4, -0.2) is 52.9 Å². The zero-order chi connectivity index (χ0) is 19.2. The van der Waals surface area contributed by atoms with Gasteiger partial charge in [0.25, 0.3) is 0 Å². The summed E-state index contributed by atoms with van der Waals surface area (Å²) < 4.78 is 27.2. The highest BCUT2D eigenvalue weighted by molar-refractivity contribution is 7.88. The Morgan fingerprint density at radius 2 is 2.00 bits per heavy atom. The van der Waals surface area contributed by atoms with E-state index in [0.29, 0.717) is 30.9 Å². The Labute approximate surface area is 160 Å². The molecule has 0 bridgehead atoms. The Morgan fingerprint density at radius 1 is 1.26 bits per heavy atom. The summed E-state index contributed by atoms with van der Waals surface area (Å²) in [6.45, 7) is 4.93. The van der Waals surface area contributed by atoms with Gasteiger partial charge in [-0.15, -0.1) is 0 Å². The second-order valence-corrected chi connectivity index (χ2v) is 9.56. The monoisotopic (exact) mass is 390 g/mol. The molecule has 4 heterocycles. The van der Waals surface area contributed by atoms with E-state index in [4.69, 9.17) is 5.73 Å². The zero-order valence-electron chi connectivity index (χ0n) is 15.7. The summed E-state index contributed by atoms with van der Waals surface area (Å²) in [7, 11) is -3.11. The Balaban J connectivity index is 1.56. The molecular weight excluding hydrogens is 364 g/mol. The number of hydrogen-bond acceptors (Lipinski definition) is 6. The summed E-state index contributed by atoms with van der Waals surface area (Å²) in [5.41, 5.74) is 9.42. The molecule has 0 unspecified atom stereocenters. The summed E-state index contributed by atoms with van der Waals surface area (Å²) in [5.74, 6) is 0.872. The summed E-state index contributed by atoms with van der Waals surface area (Å²) in [6, 6.07) is 4.20. The molecule has 2 N–H and O–H groups in total. The number of pyridine rings is 1. The number of piperidine rings is 1. The molecule has 0 aromatic carbocycles. The number of nitrogens with two attached hydrogens (primary N) is 1. The summed E-state index contributed by atoms with van der Waals surface area (Å²) in [5, 5.41) is 4.62. The van der Waals surface area contributed by atoms with Gasteiger partial charge in [-0.1, -0.05) is 0 Å². The lowest BCUT2D eigenvalue weighted by molar-refractivity contribution is 0.319. The number of fused-ring (bicyclic) bond motifs is 1. The Hall–Kier alpha value is -2.13. The Bertz CT molecular complexity index is 933. The molecule has 1 saturated heterocycles. The lowest BCUT2D eigenvalue weighted by atomic mass is 9.90. The van der Waals surface area contributed by atoms with Crippen molar-refractivity contribution < 1.29 is 8.42 Å². The number of anilines is 2. The minimum absolute atomic E-state index is 0.305. The van der Waals surface area contributed by atoms with E-state index in [2.05, 4.69) is 26.6 Å². The third-order valence-electron chi connectivity index (χ3n) is 5.73. The van der Waals surface area contributed by atoms with Crippen LogP contribution in [-0.2, 0) is 23.1 Å². The van der Waals surface area contributed by atoms with Gasteiger partial charge in [0.1, 0.15) is 5.82 Å². The normalized spacial score (nSPS) is 22.0. The van der Waals surface area contributed by atoms with E-state index in [1.54, 1.807) is 10.5 Å². The van der Waals surface area contributed by atoms with Gasteiger partial charge in [0.2, 0.25) is 10.0 Å². The van der Waals surface area contributed by atoms with Crippen molar-refractivity contribution in [2.24, 2.45) is 0 Å². The van der Waals surface area contributed by atoms with E-state index in [-0.39, 0.29) is 0 Å². The van der Waals surface area contributed by atoms with Crippen LogP contribution in [0.3, 0.4) is 0 Å². The van der Waals surface area contributed by atoms with Gasteiger partial charge in [0, 0.05) is 37.1 Å². The van der Waals surface area contributed by atoms with Crippen molar-refractivity contribution in [1.82, 2.24) is 19.1 Å². The van der Waals surface area contributed by atoms with Gasteiger partial charge in [-0.25, -0.2) is 17.7 Å². The zero-order valence-corrected chi connectivity index (χ0v) is 16.6. The van der Waals surface area contributed by atoms with Crippen molar-refractivity contribution in [2.45, 2.75) is 44.8 Å². The molecule has 146 valence electrons. The number of nitrogens with zero attached hydrogens (tertiary/aromatic N) is 5. The first-order valence-electron chi connectivity index (χ1n) is 9.31. The van der Waals surface area contributed by atoms with Crippen LogP contribution in [0.4, 0.5) is 11.5 Å². The molecule has 0 spiro atoms. The largest absolute Gasteiger partial charge is 0.384 e. The molecule has 2 aromatic rings. The van der Waals surface area contributed by atoms with Crippen LogP contribution in [0, 0.1) is 0 Å². The Kier molecular flexibility index (Phi) is 4.59. The van der Waals surface area contributed by atoms with E-state index in [9.17, 15) is 8.42 Å². The minimum atomic E-state index is -3.11. The van der Waals surface area contributed by atoms with Gasteiger partial charge < -0.3 is 10.6 Å². The summed E-state index contributed by atoms with van der Waals surface area (Å²) >= 11 is 0. The molecule has 2 aromatic heterocycles. The average molecular weight is 391 g/mol. The minimum Gasteiger partial charge on any atom is -0.384 e. The van der Waals surface area contributed by atoms with E-state index in [1.165, 1.54) is 17.5 Å². The molecule has 0 amide bonds. The quantitative estimate of drug-likeness (QED) is 0.851. The topological polar surface area (TPSA) is 97.4 Å². The van der Waals surface area contributed by atoms with Gasteiger partial charge >= 0.3 is 0 Å². The standard InChI is InChI=1S/C18H26N6O2S/c1-13-11-24-17(12-23(13)15-3-6-20-18(19)9-15)16(10-21-24)14-4-7-22(8-5-14)27(2,25)26/h3,6,9-10,13-14H,4-5,7-8,11-12H2,1-2H3,(H2,19,20)/t13-/m1/s1. The molecule has 2 aliphatic heterocycles. The highest BCUT2D eigenvalue weighted by Crippen LogP contribution is 2.34. The molecule has 0 saturated carbocycles. The number of sulfonamides is 1. The number of aromatic nitrogens is 3. The van der Waals surface area contributed by atoms with E-state index in [1.807, 2.05) is 18.3 Å². The molecule has 0 aliphatic carbocycles. The first-order chi connectivity index (χ1) is 12.8. The van der Waals surface area contributed by atoms with Gasteiger partial charge in [-0.3, -0.25) is 4.68 Å². The van der Waals surface area contributed by atoms with Crippen molar-refractivity contribution in [2.75, 3.05) is 30.0 Å². The molecule has 4 rings (SSSR count). The molecule has 1 atom stereocenters. The fourth-order valence-electron chi connectivity index (χ4n) is 4.22. The maximum atomic E-state index is 11.8. The van der Waals surface area contributed by atoms with Crippen molar-refractivity contribution in [3.05, 3.63) is 35.8 Å². The predicted octanol–water partition coefficient (Wildman–Crippen LogP) is 1.41. The molecule has 9 heteroatoms. The summed E-state index contributed by atoms with van der Waals surface area (Å²) in [4.78, 5) is 6.43. The van der Waals surface area contributed by atoms with E-state index >= 15 is 0 Å². The summed E-state index contributed by atoms with van der Waals surface area (Å²) in [6.07, 6.45) is 6.68. The number of nitrogen functional groups attached to an aromatic ring is 1. The fraction of sp³-hybridized carbons (Fsp3) is 0.556. The SMILES string of the molecule is C[C@@H]1Cn2ncc(C3CCN(S(C)(=O)=O)CC3)c2CN1c1ccnc(N)c1. The molecule has 1 fully saturated rings. The molecular formula is C18H26N6O2S. The van der Waals surface area contributed by atoms with Crippen LogP contribution in [0.2, 0.25) is 0 Å². The number of hydrogen-bond donors (Lipinski definition) is 1. The van der Waals surface area contributed by atoms with Gasteiger partial charge in [-0.05, 0) is 37.3 Å². The lowest BCUT2D eigenvalue weighted by Crippen LogP contribution is -2.42. The van der Waals surface area contributed by atoms with Crippen LogP contribution < -0.4 is 10.6 Å². The Morgan fingerprint density at radius 3 is 2.67 bits per heavy atom. The van der Waals surface area contributed by atoms with Crippen LogP contribution in [0.15, 0.2) is 24.5 Å². The predicted molar refractivity (Wildman–Crippen MR) is 105 cm³/mol. The van der Waals surface area contributed by atoms with Crippen LogP contribution >= 0.6 is 0 Å². The fourth-order valence-corrected chi connectivity index (χ4v) is 5.10. The third kappa shape index (κ3) is 3.53.